The molecule has 3 rings (SSSR count). The van der Waals surface area contributed by atoms with E-state index in [2.05, 4.69) is 16.8 Å². The van der Waals surface area contributed by atoms with Crippen LogP contribution in [0.1, 0.15) is 32.1 Å². The van der Waals surface area contributed by atoms with Gasteiger partial charge in [-0.3, -0.25) is 9.80 Å². The number of likely N-dealkylation sites (tertiary alicyclic amines) is 1. The van der Waals surface area contributed by atoms with E-state index in [1.165, 1.54) is 45.2 Å². The molecule has 3 fully saturated rings. The van der Waals surface area contributed by atoms with Crippen LogP contribution in [-0.2, 0) is 0 Å². The van der Waals surface area contributed by atoms with Gasteiger partial charge in [-0.25, -0.2) is 0 Å². The number of hydrogen-bond acceptors (Lipinski definition) is 3. The van der Waals surface area contributed by atoms with E-state index in [9.17, 15) is 0 Å². The van der Waals surface area contributed by atoms with E-state index >= 15 is 0 Å². The summed E-state index contributed by atoms with van der Waals surface area (Å²) in [5, 5.41) is 0. The molecule has 2 saturated carbocycles. The van der Waals surface area contributed by atoms with Crippen LogP contribution in [0.15, 0.2) is 0 Å². The molecule has 0 aromatic heterocycles. The van der Waals surface area contributed by atoms with Gasteiger partial charge in [-0.1, -0.05) is 0 Å². The molecule has 86 valence electrons. The predicted octanol–water partition coefficient (Wildman–Crippen LogP) is 0.646. The molecule has 2 N–H and O–H groups in total. The van der Waals surface area contributed by atoms with E-state index in [1.54, 1.807) is 0 Å². The number of rotatable bonds is 4. The van der Waals surface area contributed by atoms with Crippen LogP contribution < -0.4 is 5.73 Å². The second-order valence-corrected chi connectivity index (χ2v) is 5.72. The molecule has 0 aromatic carbocycles. The molecule has 1 heterocycles. The van der Waals surface area contributed by atoms with Gasteiger partial charge in [-0.2, -0.15) is 0 Å². The fraction of sp³-hybridized carbons (Fsp3) is 1.00. The van der Waals surface area contributed by atoms with Gasteiger partial charge < -0.3 is 5.73 Å². The van der Waals surface area contributed by atoms with Crippen LogP contribution in [-0.4, -0.2) is 54.1 Å². The van der Waals surface area contributed by atoms with Gasteiger partial charge in [0.15, 0.2) is 0 Å². The molecule has 1 saturated heterocycles. The molecule has 3 heteroatoms. The Morgan fingerprint density at radius 3 is 2.60 bits per heavy atom. The lowest BCUT2D eigenvalue weighted by Gasteiger charge is -2.38. The van der Waals surface area contributed by atoms with Crippen molar-refractivity contribution in [2.75, 3.05) is 26.7 Å². The molecule has 1 unspecified atom stereocenters. The first-order chi connectivity index (χ1) is 7.25. The van der Waals surface area contributed by atoms with E-state index in [0.29, 0.717) is 5.54 Å². The maximum absolute atomic E-state index is 6.05. The second kappa shape index (κ2) is 3.44. The fourth-order valence-corrected chi connectivity index (χ4v) is 3.09. The first kappa shape index (κ1) is 10.1. The largest absolute Gasteiger partial charge is 0.329 e. The van der Waals surface area contributed by atoms with Crippen LogP contribution in [0, 0.1) is 0 Å². The van der Waals surface area contributed by atoms with Crippen LogP contribution in [0.25, 0.3) is 0 Å². The summed E-state index contributed by atoms with van der Waals surface area (Å²) in [6.45, 7) is 3.34. The Hall–Kier alpha value is -0.120. The van der Waals surface area contributed by atoms with Crippen LogP contribution >= 0.6 is 0 Å². The summed E-state index contributed by atoms with van der Waals surface area (Å²) < 4.78 is 0. The molecule has 15 heavy (non-hydrogen) atoms. The zero-order valence-electron chi connectivity index (χ0n) is 9.78. The molecule has 1 atom stereocenters. The first-order valence-electron chi connectivity index (χ1n) is 6.42. The van der Waals surface area contributed by atoms with Crippen molar-refractivity contribution in [3.05, 3.63) is 0 Å². The molecule has 0 bridgehead atoms. The van der Waals surface area contributed by atoms with Gasteiger partial charge in [0.25, 0.3) is 0 Å². The Morgan fingerprint density at radius 2 is 2.07 bits per heavy atom. The average molecular weight is 209 g/mol. The molecular weight excluding hydrogens is 186 g/mol. The van der Waals surface area contributed by atoms with E-state index < -0.39 is 0 Å². The normalized spacial score (nSPS) is 37.8. The topological polar surface area (TPSA) is 32.5 Å². The fourth-order valence-electron chi connectivity index (χ4n) is 3.09. The number of likely N-dealkylation sites (N-methyl/N-ethyl adjacent to an activating group) is 1. The van der Waals surface area contributed by atoms with Gasteiger partial charge in [-0.15, -0.1) is 0 Å². The van der Waals surface area contributed by atoms with Crippen molar-refractivity contribution in [2.45, 2.75) is 49.7 Å². The first-order valence-corrected chi connectivity index (χ1v) is 6.42. The van der Waals surface area contributed by atoms with Gasteiger partial charge in [0.05, 0.1) is 0 Å². The standard InChI is InChI=1S/C12H23N3/c1-14(10-2-3-10)12(8-13)6-7-15(9-12)11-4-5-11/h10-11H,2-9,13H2,1H3. The van der Waals surface area contributed by atoms with Crippen LogP contribution in [0.3, 0.4) is 0 Å². The highest BCUT2D eigenvalue weighted by atomic mass is 15.3. The molecule has 1 aliphatic heterocycles. The third-order valence-corrected chi connectivity index (χ3v) is 4.65. The lowest BCUT2D eigenvalue weighted by Crippen LogP contribution is -2.55. The predicted molar refractivity (Wildman–Crippen MR) is 61.8 cm³/mol. The summed E-state index contributed by atoms with van der Waals surface area (Å²) in [6, 6.07) is 1.75. The third-order valence-electron chi connectivity index (χ3n) is 4.65. The summed E-state index contributed by atoms with van der Waals surface area (Å²) >= 11 is 0. The third kappa shape index (κ3) is 1.71. The molecule has 0 aromatic rings. The van der Waals surface area contributed by atoms with E-state index in [4.69, 9.17) is 5.73 Å². The van der Waals surface area contributed by atoms with E-state index in [-0.39, 0.29) is 0 Å². The van der Waals surface area contributed by atoms with Crippen molar-refractivity contribution in [3.8, 4) is 0 Å². The highest BCUT2D eigenvalue weighted by Gasteiger charge is 2.48. The number of nitrogens with two attached hydrogens (primary N) is 1. The average Bonchev–Trinajstić information content (AvgIpc) is 3.14. The minimum absolute atomic E-state index is 0.309. The van der Waals surface area contributed by atoms with Crippen molar-refractivity contribution in [3.63, 3.8) is 0 Å². The molecule has 3 nitrogen and oxygen atoms in total. The number of nitrogens with zero attached hydrogens (tertiary/aromatic N) is 2. The lowest BCUT2D eigenvalue weighted by molar-refractivity contribution is 0.120. The zero-order chi connectivity index (χ0) is 10.5. The minimum Gasteiger partial charge on any atom is -0.329 e. The smallest absolute Gasteiger partial charge is 0.0470 e. The zero-order valence-corrected chi connectivity index (χ0v) is 9.78. The highest BCUT2D eigenvalue weighted by molar-refractivity contribution is 5.06. The number of hydrogen-bond donors (Lipinski definition) is 1. The van der Waals surface area contributed by atoms with Gasteiger partial charge in [-0.05, 0) is 39.2 Å². The Labute approximate surface area is 92.6 Å². The van der Waals surface area contributed by atoms with Crippen LogP contribution in [0.2, 0.25) is 0 Å². The summed E-state index contributed by atoms with van der Waals surface area (Å²) in [4.78, 5) is 5.26. The van der Waals surface area contributed by atoms with Crippen molar-refractivity contribution >= 4 is 0 Å². The van der Waals surface area contributed by atoms with E-state index in [1.807, 2.05) is 0 Å². The second-order valence-electron chi connectivity index (χ2n) is 5.72. The Kier molecular flexibility index (Phi) is 2.31. The summed E-state index contributed by atoms with van der Waals surface area (Å²) in [7, 11) is 2.29. The molecule has 2 aliphatic carbocycles. The molecule has 3 aliphatic rings. The SMILES string of the molecule is CN(C1CC1)C1(CN)CCN(C2CC2)C1. The van der Waals surface area contributed by atoms with Gasteiger partial charge in [0.1, 0.15) is 0 Å². The summed E-state index contributed by atoms with van der Waals surface area (Å²) in [6.07, 6.45) is 6.91. The van der Waals surface area contributed by atoms with Crippen molar-refractivity contribution in [2.24, 2.45) is 5.73 Å². The van der Waals surface area contributed by atoms with E-state index in [0.717, 1.165) is 18.6 Å². The highest BCUT2D eigenvalue weighted by Crippen LogP contribution is 2.39. The minimum atomic E-state index is 0.309. The van der Waals surface area contributed by atoms with Gasteiger partial charge in [0, 0.05) is 37.3 Å². The monoisotopic (exact) mass is 209 g/mol. The molecule has 0 amide bonds. The van der Waals surface area contributed by atoms with Crippen molar-refractivity contribution in [1.29, 1.82) is 0 Å². The quantitative estimate of drug-likeness (QED) is 0.738. The maximum atomic E-state index is 6.05. The Morgan fingerprint density at radius 1 is 1.33 bits per heavy atom. The summed E-state index contributed by atoms with van der Waals surface area (Å²) in [5.74, 6) is 0. The maximum Gasteiger partial charge on any atom is 0.0470 e. The Bertz CT molecular complexity index is 247. The lowest BCUT2D eigenvalue weighted by atomic mass is 9.96. The van der Waals surface area contributed by atoms with Gasteiger partial charge in [0.2, 0.25) is 0 Å². The molecule has 0 spiro atoms. The van der Waals surface area contributed by atoms with Crippen LogP contribution in [0.5, 0.6) is 0 Å². The van der Waals surface area contributed by atoms with Crippen LogP contribution in [0.4, 0.5) is 0 Å². The van der Waals surface area contributed by atoms with Crippen molar-refractivity contribution in [1.82, 2.24) is 9.80 Å². The van der Waals surface area contributed by atoms with Gasteiger partial charge >= 0.3 is 0 Å². The summed E-state index contributed by atoms with van der Waals surface area (Å²) in [5.41, 5.74) is 6.36. The Balaban J connectivity index is 1.69. The molecular formula is C12H23N3. The van der Waals surface area contributed by atoms with Crippen molar-refractivity contribution < 1.29 is 0 Å². The molecule has 0 radical (unpaired) electrons.